The molecule has 224 valence electrons. The number of nitrogens with one attached hydrogen (secondary N) is 2. The molecular weight excluding hydrogens is 594 g/mol. The summed E-state index contributed by atoms with van der Waals surface area (Å²) < 4.78 is 6.72. The fraction of sp³-hybridized carbons (Fsp3) is 0.588. The topological polar surface area (TPSA) is 108 Å². The first-order chi connectivity index (χ1) is 20.0. The van der Waals surface area contributed by atoms with Crippen LogP contribution >= 0.6 is 15.9 Å². The number of fused-ring (bicyclic) bond motifs is 5. The molecule has 0 aliphatic heterocycles. The summed E-state index contributed by atoms with van der Waals surface area (Å²) in [6.07, 6.45) is 11.6. The zero-order chi connectivity index (χ0) is 30.1. The van der Waals surface area contributed by atoms with Gasteiger partial charge < -0.3 is 15.4 Å². The summed E-state index contributed by atoms with van der Waals surface area (Å²) in [5, 5.41) is 14.8. The average molecular weight is 637 g/mol. The van der Waals surface area contributed by atoms with Gasteiger partial charge in [0.15, 0.2) is 0 Å². The van der Waals surface area contributed by atoms with E-state index in [9.17, 15) is 19.6 Å². The van der Waals surface area contributed by atoms with E-state index in [1.807, 2.05) is 30.3 Å². The molecule has 8 heteroatoms. The predicted octanol–water partition coefficient (Wildman–Crippen LogP) is 6.74. The Hall–Kier alpha value is -2.92. The molecule has 3 saturated carbocycles. The minimum atomic E-state index is -0.484. The van der Waals surface area contributed by atoms with E-state index in [-0.39, 0.29) is 41.5 Å². The molecule has 0 spiro atoms. The van der Waals surface area contributed by atoms with E-state index in [0.717, 1.165) is 48.6 Å². The molecule has 2 amide bonds. The summed E-state index contributed by atoms with van der Waals surface area (Å²) in [5.74, 6) is 2.01. The number of nitrogens with zero attached hydrogens (tertiary/aromatic N) is 1. The zero-order valence-corrected chi connectivity index (χ0v) is 26.5. The second-order valence-electron chi connectivity index (χ2n) is 13.2. The van der Waals surface area contributed by atoms with E-state index in [4.69, 9.17) is 4.74 Å². The number of hydrogen-bond donors (Lipinski definition) is 2. The summed E-state index contributed by atoms with van der Waals surface area (Å²) in [6.45, 7) is 6.99. The average Bonchev–Trinajstić information content (AvgIpc) is 3.32. The maximum atomic E-state index is 12.6. The Labute approximate surface area is 257 Å². The second kappa shape index (κ2) is 12.4. The molecule has 0 radical (unpaired) electrons. The van der Waals surface area contributed by atoms with Crippen LogP contribution < -0.4 is 10.6 Å². The van der Waals surface area contributed by atoms with Gasteiger partial charge in [-0.15, -0.1) is 0 Å². The van der Waals surface area contributed by atoms with Gasteiger partial charge in [0.25, 0.3) is 5.91 Å². The van der Waals surface area contributed by atoms with Crippen LogP contribution in [0.15, 0.2) is 46.0 Å². The van der Waals surface area contributed by atoms with Gasteiger partial charge in [-0.2, -0.15) is 5.26 Å². The molecule has 2 N–H and O–H groups in total. The van der Waals surface area contributed by atoms with Crippen molar-refractivity contribution in [3.8, 4) is 6.07 Å². The number of rotatable bonds is 7. The standard InChI is InChI=1S/C34H42BrN3O4/c1-21(39)28-10-11-29-27-9-6-24-19-26(12-14-33(24,2)30(27)13-15-34(28,29)3)42-32(41)38-17-16-37-31(40)23(20-36)18-22-4-7-25(35)8-5-22/h4-8,18,26-30H,9-17,19H2,1-3H3,(H,37,40)(H,38,41)/b23-18+/t26-,27-,28+,29-,30-,33-,34+/m0/s1. The molecule has 42 heavy (non-hydrogen) atoms. The molecule has 0 aromatic heterocycles. The number of benzene rings is 1. The van der Waals surface area contributed by atoms with E-state index in [2.05, 4.69) is 46.5 Å². The van der Waals surface area contributed by atoms with Crippen LogP contribution in [0.3, 0.4) is 0 Å². The number of amides is 2. The summed E-state index contributed by atoms with van der Waals surface area (Å²) in [4.78, 5) is 37.4. The van der Waals surface area contributed by atoms with Crippen LogP contribution in [0.1, 0.15) is 77.7 Å². The van der Waals surface area contributed by atoms with Crippen molar-refractivity contribution in [2.75, 3.05) is 13.1 Å². The third-order valence-corrected chi connectivity index (χ3v) is 11.6. The summed E-state index contributed by atoms with van der Waals surface area (Å²) in [5.41, 5.74) is 2.48. The van der Waals surface area contributed by atoms with Gasteiger partial charge in [0, 0.05) is 29.9 Å². The molecule has 0 heterocycles. The minimum absolute atomic E-state index is 0.00217. The Balaban J connectivity index is 1.10. The SMILES string of the molecule is CC(=O)[C@H]1CC[C@H]2[C@@H]3CC=C4C[C@@H](OC(=O)NCCNC(=O)/C(C#N)=C/c5ccc(Br)cc5)CC[C@]4(C)[C@H]3CC[C@]12C. The van der Waals surface area contributed by atoms with Crippen LogP contribution in [0.5, 0.6) is 0 Å². The molecule has 0 unspecified atom stereocenters. The molecule has 0 bridgehead atoms. The Bertz CT molecular complexity index is 1330. The van der Waals surface area contributed by atoms with E-state index in [1.54, 1.807) is 6.92 Å². The highest BCUT2D eigenvalue weighted by Gasteiger charge is 2.59. The van der Waals surface area contributed by atoms with E-state index in [1.165, 1.54) is 24.5 Å². The molecule has 3 fully saturated rings. The van der Waals surface area contributed by atoms with Crippen molar-refractivity contribution in [3.05, 3.63) is 51.5 Å². The normalized spacial score (nSPS) is 33.6. The summed E-state index contributed by atoms with van der Waals surface area (Å²) >= 11 is 3.37. The van der Waals surface area contributed by atoms with E-state index < -0.39 is 12.0 Å². The van der Waals surface area contributed by atoms with Gasteiger partial charge in [0.05, 0.1) is 0 Å². The minimum Gasteiger partial charge on any atom is -0.446 e. The molecule has 5 rings (SSSR count). The van der Waals surface area contributed by atoms with Crippen LogP contribution in [0.25, 0.3) is 6.08 Å². The van der Waals surface area contributed by atoms with Crippen LogP contribution in [-0.2, 0) is 14.3 Å². The molecule has 0 saturated heterocycles. The smallest absolute Gasteiger partial charge is 0.407 e. The predicted molar refractivity (Wildman–Crippen MR) is 165 cm³/mol. The first kappa shape index (κ1) is 30.5. The highest BCUT2D eigenvalue weighted by molar-refractivity contribution is 9.10. The Morgan fingerprint density at radius 1 is 1.05 bits per heavy atom. The van der Waals surface area contributed by atoms with Gasteiger partial charge in [0.1, 0.15) is 23.5 Å². The Morgan fingerprint density at radius 2 is 1.79 bits per heavy atom. The number of allylic oxidation sites excluding steroid dienone is 1. The highest BCUT2D eigenvalue weighted by Crippen LogP contribution is 2.66. The highest BCUT2D eigenvalue weighted by atomic mass is 79.9. The maximum Gasteiger partial charge on any atom is 0.407 e. The van der Waals surface area contributed by atoms with Gasteiger partial charge in [-0.3, -0.25) is 9.59 Å². The van der Waals surface area contributed by atoms with Crippen molar-refractivity contribution in [1.82, 2.24) is 10.6 Å². The molecule has 1 aromatic carbocycles. The maximum absolute atomic E-state index is 12.6. The van der Waals surface area contributed by atoms with Crippen molar-refractivity contribution in [2.45, 2.75) is 78.2 Å². The van der Waals surface area contributed by atoms with E-state index in [0.29, 0.717) is 23.5 Å². The lowest BCUT2D eigenvalue weighted by atomic mass is 9.47. The number of carbonyl (C=O) groups is 3. The number of nitriles is 1. The largest absolute Gasteiger partial charge is 0.446 e. The number of carbonyl (C=O) groups excluding carboxylic acids is 3. The van der Waals surface area contributed by atoms with Crippen molar-refractivity contribution in [2.24, 2.45) is 34.5 Å². The van der Waals surface area contributed by atoms with Crippen molar-refractivity contribution < 1.29 is 19.1 Å². The number of hydrogen-bond acceptors (Lipinski definition) is 5. The van der Waals surface area contributed by atoms with Gasteiger partial charge >= 0.3 is 6.09 Å². The third-order valence-electron chi connectivity index (χ3n) is 11.0. The van der Waals surface area contributed by atoms with Crippen molar-refractivity contribution >= 4 is 39.8 Å². The molecule has 1 aromatic rings. The number of ether oxygens (including phenoxy) is 1. The fourth-order valence-corrected chi connectivity index (χ4v) is 9.16. The number of ketones is 1. The molecule has 4 aliphatic rings. The lowest BCUT2D eigenvalue weighted by Gasteiger charge is -2.58. The number of alkyl carbamates (subject to hydrolysis) is 1. The van der Waals surface area contributed by atoms with Crippen molar-refractivity contribution in [1.29, 1.82) is 5.26 Å². The van der Waals surface area contributed by atoms with Crippen LogP contribution in [0.4, 0.5) is 4.79 Å². The van der Waals surface area contributed by atoms with Gasteiger partial charge in [-0.05, 0) is 104 Å². The molecule has 7 atom stereocenters. The lowest BCUT2D eigenvalue weighted by molar-refractivity contribution is -0.127. The first-order valence-electron chi connectivity index (χ1n) is 15.3. The third kappa shape index (κ3) is 5.95. The Morgan fingerprint density at radius 3 is 2.50 bits per heavy atom. The summed E-state index contributed by atoms with van der Waals surface area (Å²) in [6, 6.07) is 9.25. The first-order valence-corrected chi connectivity index (χ1v) is 16.1. The van der Waals surface area contributed by atoms with Crippen LogP contribution in [-0.4, -0.2) is 37.0 Å². The van der Waals surface area contributed by atoms with E-state index >= 15 is 0 Å². The number of halogens is 1. The molecule has 4 aliphatic carbocycles. The second-order valence-corrected chi connectivity index (χ2v) is 14.1. The van der Waals surface area contributed by atoms with Gasteiger partial charge in [-0.1, -0.05) is 53.6 Å². The van der Waals surface area contributed by atoms with Crippen molar-refractivity contribution in [3.63, 3.8) is 0 Å². The van der Waals surface area contributed by atoms with Gasteiger partial charge in [0.2, 0.25) is 0 Å². The quantitative estimate of drug-likeness (QED) is 0.149. The van der Waals surface area contributed by atoms with Crippen LogP contribution in [0, 0.1) is 45.8 Å². The van der Waals surface area contributed by atoms with Gasteiger partial charge in [-0.25, -0.2) is 4.79 Å². The monoisotopic (exact) mass is 635 g/mol. The van der Waals surface area contributed by atoms with Crippen LogP contribution in [0.2, 0.25) is 0 Å². The molecule has 7 nitrogen and oxygen atoms in total. The Kier molecular flexibility index (Phi) is 8.99. The number of Topliss-reactive ketones (excluding diaryl/α,β-unsaturated/α-hetero) is 1. The summed E-state index contributed by atoms with van der Waals surface area (Å²) in [7, 11) is 0. The zero-order valence-electron chi connectivity index (χ0n) is 24.9. The lowest BCUT2D eigenvalue weighted by Crippen LogP contribution is -2.51. The molecular formula is C34H42BrN3O4. The fourth-order valence-electron chi connectivity index (χ4n) is 8.90.